The van der Waals surface area contributed by atoms with E-state index < -0.39 is 5.79 Å². The van der Waals surface area contributed by atoms with Crippen LogP contribution in [0.25, 0.3) is 0 Å². The predicted octanol–water partition coefficient (Wildman–Crippen LogP) is 3.20. The van der Waals surface area contributed by atoms with Crippen LogP contribution in [0.2, 0.25) is 0 Å². The standard InChI is InChI=1S/C20H29NO3/c1-19(2)23-17-11-15-13-21(3)9-8-20(15,12-18(17)24-19)14-6-5-7-16(10-14)22-4/h5-7,10,15,17-18H,8-9,11-13H2,1-4H3/t15-,17?,18?,20+/m0/s1. The van der Waals surface area contributed by atoms with Crippen LogP contribution in [0.4, 0.5) is 0 Å². The van der Waals surface area contributed by atoms with Crippen molar-refractivity contribution in [1.82, 2.24) is 4.90 Å². The van der Waals surface area contributed by atoms with Gasteiger partial charge in [-0.05, 0) is 70.3 Å². The van der Waals surface area contributed by atoms with Crippen molar-refractivity contribution in [1.29, 1.82) is 0 Å². The molecule has 24 heavy (non-hydrogen) atoms. The van der Waals surface area contributed by atoms with E-state index >= 15 is 0 Å². The highest BCUT2D eigenvalue weighted by Crippen LogP contribution is 2.53. The van der Waals surface area contributed by atoms with Crippen molar-refractivity contribution in [2.45, 2.75) is 56.5 Å². The molecule has 2 heterocycles. The fraction of sp³-hybridized carbons (Fsp3) is 0.700. The van der Waals surface area contributed by atoms with Crippen molar-refractivity contribution >= 4 is 0 Å². The maximum Gasteiger partial charge on any atom is 0.163 e. The minimum absolute atomic E-state index is 0.173. The van der Waals surface area contributed by atoms with Crippen molar-refractivity contribution in [3.8, 4) is 5.75 Å². The van der Waals surface area contributed by atoms with Crippen molar-refractivity contribution in [3.05, 3.63) is 29.8 Å². The lowest BCUT2D eigenvalue weighted by Gasteiger charge is -2.52. The summed E-state index contributed by atoms with van der Waals surface area (Å²) < 4.78 is 18.0. The molecule has 4 atom stereocenters. The zero-order chi connectivity index (χ0) is 16.9. The Balaban J connectivity index is 1.72. The first kappa shape index (κ1) is 16.4. The molecule has 132 valence electrons. The molecule has 1 aliphatic carbocycles. The van der Waals surface area contributed by atoms with Gasteiger partial charge < -0.3 is 19.1 Å². The van der Waals surface area contributed by atoms with Crippen molar-refractivity contribution in [2.24, 2.45) is 5.92 Å². The van der Waals surface area contributed by atoms with E-state index in [2.05, 4.69) is 30.1 Å². The molecule has 3 aliphatic rings. The van der Waals surface area contributed by atoms with Crippen molar-refractivity contribution in [2.75, 3.05) is 27.2 Å². The number of methoxy groups -OCH3 is 1. The Bertz CT molecular complexity index is 617. The Hall–Kier alpha value is -1.10. The molecule has 0 bridgehead atoms. The van der Waals surface area contributed by atoms with Crippen molar-refractivity contribution < 1.29 is 14.2 Å². The predicted molar refractivity (Wildman–Crippen MR) is 93.3 cm³/mol. The zero-order valence-corrected chi connectivity index (χ0v) is 15.2. The number of fused-ring (bicyclic) bond motifs is 2. The monoisotopic (exact) mass is 331 g/mol. The molecule has 2 aliphatic heterocycles. The summed E-state index contributed by atoms with van der Waals surface area (Å²) in [6.07, 6.45) is 3.73. The summed E-state index contributed by atoms with van der Waals surface area (Å²) in [4.78, 5) is 2.46. The fourth-order valence-corrected chi connectivity index (χ4v) is 5.16. The first-order chi connectivity index (χ1) is 11.4. The lowest BCUT2D eigenvalue weighted by molar-refractivity contribution is -0.146. The number of hydrogen-bond acceptors (Lipinski definition) is 4. The van der Waals surface area contributed by atoms with Crippen LogP contribution in [0.5, 0.6) is 5.75 Å². The maximum atomic E-state index is 6.26. The fourth-order valence-electron chi connectivity index (χ4n) is 5.16. The number of piperidine rings is 1. The molecule has 0 amide bonds. The lowest BCUT2D eigenvalue weighted by atomic mass is 9.58. The molecule has 4 nitrogen and oxygen atoms in total. The van der Waals surface area contributed by atoms with Gasteiger partial charge in [0.2, 0.25) is 0 Å². The van der Waals surface area contributed by atoms with Gasteiger partial charge in [-0.3, -0.25) is 0 Å². The smallest absolute Gasteiger partial charge is 0.163 e. The van der Waals surface area contributed by atoms with Crippen LogP contribution in [0.3, 0.4) is 0 Å². The van der Waals surface area contributed by atoms with Gasteiger partial charge >= 0.3 is 0 Å². The molecule has 1 saturated carbocycles. The van der Waals surface area contributed by atoms with Gasteiger partial charge in [0.05, 0.1) is 19.3 Å². The van der Waals surface area contributed by atoms with Crippen LogP contribution in [0.1, 0.15) is 38.7 Å². The minimum atomic E-state index is -0.454. The highest BCUT2D eigenvalue weighted by Gasteiger charge is 2.55. The molecule has 4 rings (SSSR count). The summed E-state index contributed by atoms with van der Waals surface area (Å²) in [6.45, 7) is 6.35. The maximum absolute atomic E-state index is 6.26. The molecular weight excluding hydrogens is 302 g/mol. The second-order valence-electron chi connectivity index (χ2n) is 8.25. The molecule has 2 unspecified atom stereocenters. The highest BCUT2D eigenvalue weighted by molar-refractivity contribution is 5.36. The average Bonchev–Trinajstić information content (AvgIpc) is 2.85. The minimum Gasteiger partial charge on any atom is -0.497 e. The molecule has 3 fully saturated rings. The number of ether oxygens (including phenoxy) is 3. The second-order valence-corrected chi connectivity index (χ2v) is 8.25. The summed E-state index contributed by atoms with van der Waals surface area (Å²) in [5.74, 6) is 1.09. The molecule has 0 spiro atoms. The molecule has 0 radical (unpaired) electrons. The summed E-state index contributed by atoms with van der Waals surface area (Å²) in [6, 6.07) is 8.68. The van der Waals surface area contributed by atoms with Crippen LogP contribution in [-0.4, -0.2) is 50.1 Å². The van der Waals surface area contributed by atoms with E-state index in [1.54, 1.807) is 7.11 Å². The Kier molecular flexibility index (Phi) is 3.90. The third-order valence-corrected chi connectivity index (χ3v) is 6.27. The summed E-state index contributed by atoms with van der Waals surface area (Å²) >= 11 is 0. The third kappa shape index (κ3) is 2.65. The quantitative estimate of drug-likeness (QED) is 0.833. The van der Waals surface area contributed by atoms with Crippen LogP contribution in [-0.2, 0) is 14.9 Å². The van der Waals surface area contributed by atoms with Gasteiger partial charge in [0.25, 0.3) is 0 Å². The van der Waals surface area contributed by atoms with Gasteiger partial charge in [0, 0.05) is 12.0 Å². The zero-order valence-electron chi connectivity index (χ0n) is 15.2. The molecular formula is C20H29NO3. The Morgan fingerprint density at radius 1 is 1.21 bits per heavy atom. The van der Waals surface area contributed by atoms with Crippen LogP contribution >= 0.6 is 0 Å². The Morgan fingerprint density at radius 2 is 2.00 bits per heavy atom. The molecule has 0 aromatic heterocycles. The molecule has 0 N–H and O–H groups in total. The van der Waals surface area contributed by atoms with Gasteiger partial charge in [-0.1, -0.05) is 12.1 Å². The van der Waals surface area contributed by atoms with Gasteiger partial charge in [-0.15, -0.1) is 0 Å². The van der Waals surface area contributed by atoms with E-state index in [0.29, 0.717) is 5.92 Å². The van der Waals surface area contributed by atoms with Gasteiger partial charge in [-0.2, -0.15) is 0 Å². The van der Waals surface area contributed by atoms with E-state index in [0.717, 1.165) is 31.7 Å². The summed E-state index contributed by atoms with van der Waals surface area (Å²) in [7, 11) is 3.98. The molecule has 4 heteroatoms. The van der Waals surface area contributed by atoms with E-state index in [4.69, 9.17) is 14.2 Å². The number of rotatable bonds is 2. The lowest BCUT2D eigenvalue weighted by Crippen LogP contribution is -2.55. The van der Waals surface area contributed by atoms with E-state index in [-0.39, 0.29) is 17.6 Å². The molecule has 1 aromatic carbocycles. The second kappa shape index (κ2) is 5.72. The topological polar surface area (TPSA) is 30.9 Å². The summed E-state index contributed by atoms with van der Waals surface area (Å²) in [5, 5.41) is 0. The van der Waals surface area contributed by atoms with Crippen LogP contribution in [0, 0.1) is 5.92 Å². The highest BCUT2D eigenvalue weighted by atomic mass is 16.7. The number of benzene rings is 1. The van der Waals surface area contributed by atoms with Crippen LogP contribution in [0.15, 0.2) is 24.3 Å². The number of likely N-dealkylation sites (tertiary alicyclic amines) is 1. The van der Waals surface area contributed by atoms with E-state index in [1.165, 1.54) is 12.0 Å². The normalized spacial score (nSPS) is 38.4. The number of nitrogens with zero attached hydrogens (tertiary/aromatic N) is 1. The van der Waals surface area contributed by atoms with Gasteiger partial charge in [0.15, 0.2) is 5.79 Å². The van der Waals surface area contributed by atoms with Gasteiger partial charge in [-0.25, -0.2) is 0 Å². The summed E-state index contributed by atoms with van der Waals surface area (Å²) in [5.41, 5.74) is 1.58. The van der Waals surface area contributed by atoms with Crippen molar-refractivity contribution in [3.63, 3.8) is 0 Å². The SMILES string of the molecule is COc1cccc([C@]23CCN(C)C[C@@H]2CC2OC(C)(C)OC2C3)c1. The first-order valence-corrected chi connectivity index (χ1v) is 9.11. The Labute approximate surface area is 145 Å². The Morgan fingerprint density at radius 3 is 2.79 bits per heavy atom. The van der Waals surface area contributed by atoms with Crippen LogP contribution < -0.4 is 4.74 Å². The van der Waals surface area contributed by atoms with E-state index in [9.17, 15) is 0 Å². The molecule has 2 saturated heterocycles. The number of hydrogen-bond donors (Lipinski definition) is 0. The largest absolute Gasteiger partial charge is 0.497 e. The third-order valence-electron chi connectivity index (χ3n) is 6.27. The van der Waals surface area contributed by atoms with Gasteiger partial charge in [0.1, 0.15) is 5.75 Å². The van der Waals surface area contributed by atoms with E-state index in [1.807, 2.05) is 19.9 Å². The first-order valence-electron chi connectivity index (χ1n) is 9.11. The molecule has 1 aromatic rings. The average molecular weight is 331 g/mol.